The van der Waals surface area contributed by atoms with Gasteiger partial charge in [-0.2, -0.15) is 14.9 Å². The second kappa shape index (κ2) is 6.83. The molecule has 2 aromatic heterocycles. The summed E-state index contributed by atoms with van der Waals surface area (Å²) in [5, 5.41) is 14.5. The van der Waals surface area contributed by atoms with Crippen LogP contribution in [0.5, 0.6) is 0 Å². The molecule has 4 rings (SSSR count). The van der Waals surface area contributed by atoms with E-state index >= 15 is 0 Å². The zero-order chi connectivity index (χ0) is 20.0. The van der Waals surface area contributed by atoms with E-state index in [1.807, 2.05) is 36.7 Å². The van der Waals surface area contributed by atoms with Crippen molar-refractivity contribution in [1.82, 2.24) is 14.2 Å². The minimum absolute atomic E-state index is 0.244. The third-order valence-corrected chi connectivity index (χ3v) is 5.24. The summed E-state index contributed by atoms with van der Waals surface area (Å²) < 4.78 is 3.28. The van der Waals surface area contributed by atoms with Gasteiger partial charge in [-0.1, -0.05) is 41.4 Å². The fourth-order valence-electron chi connectivity index (χ4n) is 3.37. The van der Waals surface area contributed by atoms with E-state index < -0.39 is 0 Å². The van der Waals surface area contributed by atoms with Crippen LogP contribution in [-0.2, 0) is 7.05 Å². The molecule has 28 heavy (non-hydrogen) atoms. The van der Waals surface area contributed by atoms with Crippen LogP contribution in [0.3, 0.4) is 0 Å². The standard InChI is InChI=1S/C21H14Cl2N4O/c1-12-20(16-8-7-15(22)9-17(16)23)21-26(2)18(10-19(28)27(21)25-12)14-5-3-13(11-24)4-6-14/h3-10H,1-2H3. The summed E-state index contributed by atoms with van der Waals surface area (Å²) in [5.74, 6) is 0. The smallest absolute Gasteiger partial charge is 0.274 e. The molecule has 0 bridgehead atoms. The summed E-state index contributed by atoms with van der Waals surface area (Å²) in [4.78, 5) is 12.8. The number of fused-ring (bicyclic) bond motifs is 1. The van der Waals surface area contributed by atoms with Crippen LogP contribution in [0.4, 0.5) is 0 Å². The Hall–Kier alpha value is -3.07. The summed E-state index contributed by atoms with van der Waals surface area (Å²) >= 11 is 12.5. The van der Waals surface area contributed by atoms with Gasteiger partial charge < -0.3 is 4.57 Å². The van der Waals surface area contributed by atoms with E-state index in [9.17, 15) is 4.79 Å². The summed E-state index contributed by atoms with van der Waals surface area (Å²) in [6.45, 7) is 1.84. The zero-order valence-electron chi connectivity index (χ0n) is 15.1. The monoisotopic (exact) mass is 408 g/mol. The molecule has 138 valence electrons. The molecule has 0 N–H and O–H groups in total. The van der Waals surface area contributed by atoms with Crippen molar-refractivity contribution in [2.75, 3.05) is 0 Å². The van der Waals surface area contributed by atoms with Crippen molar-refractivity contribution in [1.29, 1.82) is 5.26 Å². The van der Waals surface area contributed by atoms with Crippen LogP contribution >= 0.6 is 23.2 Å². The van der Waals surface area contributed by atoms with Gasteiger partial charge in [0.25, 0.3) is 5.56 Å². The van der Waals surface area contributed by atoms with Gasteiger partial charge in [-0.15, -0.1) is 0 Å². The number of rotatable bonds is 2. The Morgan fingerprint density at radius 3 is 2.43 bits per heavy atom. The molecule has 4 aromatic rings. The van der Waals surface area contributed by atoms with Gasteiger partial charge in [-0.05, 0) is 36.8 Å². The van der Waals surface area contributed by atoms with Crippen LogP contribution < -0.4 is 5.56 Å². The molecule has 0 aliphatic carbocycles. The first kappa shape index (κ1) is 18.3. The SMILES string of the molecule is Cc1nn2c(=O)cc(-c3ccc(C#N)cc3)n(C)c2c1-c1ccc(Cl)cc1Cl. The average molecular weight is 409 g/mol. The molecule has 0 atom stereocenters. The van der Waals surface area contributed by atoms with E-state index in [-0.39, 0.29) is 5.56 Å². The zero-order valence-corrected chi connectivity index (χ0v) is 16.6. The first-order valence-electron chi connectivity index (χ1n) is 8.46. The Labute approximate surface area is 171 Å². The van der Waals surface area contributed by atoms with Crippen molar-refractivity contribution in [3.63, 3.8) is 0 Å². The number of aryl methyl sites for hydroxylation is 2. The maximum atomic E-state index is 12.8. The minimum atomic E-state index is -0.244. The van der Waals surface area contributed by atoms with Crippen molar-refractivity contribution in [2.45, 2.75) is 6.92 Å². The molecular formula is C21H14Cl2N4O. The highest BCUT2D eigenvalue weighted by Gasteiger charge is 2.20. The highest BCUT2D eigenvalue weighted by atomic mass is 35.5. The lowest BCUT2D eigenvalue weighted by Crippen LogP contribution is -2.18. The Kier molecular flexibility index (Phi) is 4.46. The van der Waals surface area contributed by atoms with Crippen molar-refractivity contribution < 1.29 is 0 Å². The van der Waals surface area contributed by atoms with Gasteiger partial charge in [0.1, 0.15) is 5.65 Å². The Morgan fingerprint density at radius 1 is 1.07 bits per heavy atom. The quantitative estimate of drug-likeness (QED) is 0.475. The highest BCUT2D eigenvalue weighted by molar-refractivity contribution is 6.36. The van der Waals surface area contributed by atoms with E-state index in [0.29, 0.717) is 32.6 Å². The van der Waals surface area contributed by atoms with Gasteiger partial charge in [-0.3, -0.25) is 4.79 Å². The molecule has 0 fully saturated rings. The number of benzene rings is 2. The van der Waals surface area contributed by atoms with E-state index in [0.717, 1.165) is 16.7 Å². The maximum Gasteiger partial charge on any atom is 0.274 e. The van der Waals surface area contributed by atoms with Crippen molar-refractivity contribution in [3.8, 4) is 28.5 Å². The highest BCUT2D eigenvalue weighted by Crippen LogP contribution is 2.35. The molecular weight excluding hydrogens is 395 g/mol. The van der Waals surface area contributed by atoms with Crippen LogP contribution in [0.1, 0.15) is 11.3 Å². The summed E-state index contributed by atoms with van der Waals surface area (Å²) in [5.41, 5.74) is 4.71. The van der Waals surface area contributed by atoms with Gasteiger partial charge in [0.15, 0.2) is 0 Å². The number of nitriles is 1. The molecule has 0 aliphatic rings. The lowest BCUT2D eigenvalue weighted by molar-refractivity contribution is 0.823. The van der Waals surface area contributed by atoms with Crippen LogP contribution in [0.2, 0.25) is 10.0 Å². The summed E-state index contributed by atoms with van der Waals surface area (Å²) in [6, 6.07) is 16.0. The summed E-state index contributed by atoms with van der Waals surface area (Å²) in [6.07, 6.45) is 0. The molecule has 5 nitrogen and oxygen atoms in total. The van der Waals surface area contributed by atoms with E-state index in [1.54, 1.807) is 24.3 Å². The Balaban J connectivity index is 2.05. The van der Waals surface area contributed by atoms with E-state index in [2.05, 4.69) is 11.2 Å². The molecule has 0 saturated heterocycles. The third kappa shape index (κ3) is 2.88. The van der Waals surface area contributed by atoms with Gasteiger partial charge in [0, 0.05) is 29.3 Å². The normalized spacial score (nSPS) is 11.0. The predicted octanol–water partition coefficient (Wildman–Crippen LogP) is 4.85. The van der Waals surface area contributed by atoms with Gasteiger partial charge in [-0.25, -0.2) is 0 Å². The number of nitrogens with zero attached hydrogens (tertiary/aromatic N) is 4. The van der Waals surface area contributed by atoms with Crippen molar-refractivity contribution in [3.05, 3.63) is 80.2 Å². The van der Waals surface area contributed by atoms with Crippen LogP contribution in [-0.4, -0.2) is 14.2 Å². The number of hydrogen-bond donors (Lipinski definition) is 0. The number of aromatic nitrogens is 3. The fraction of sp³-hybridized carbons (Fsp3) is 0.0952. The van der Waals surface area contributed by atoms with E-state index in [1.165, 1.54) is 10.6 Å². The van der Waals surface area contributed by atoms with Gasteiger partial charge in [0.2, 0.25) is 0 Å². The van der Waals surface area contributed by atoms with E-state index in [4.69, 9.17) is 28.5 Å². The maximum absolute atomic E-state index is 12.8. The van der Waals surface area contributed by atoms with Crippen LogP contribution in [0.25, 0.3) is 28.0 Å². The topological polar surface area (TPSA) is 63.1 Å². The summed E-state index contributed by atoms with van der Waals surface area (Å²) in [7, 11) is 1.87. The molecule has 0 aliphatic heterocycles. The minimum Gasteiger partial charge on any atom is -0.328 e. The van der Waals surface area contributed by atoms with Crippen molar-refractivity contribution in [2.24, 2.45) is 7.05 Å². The third-order valence-electron chi connectivity index (χ3n) is 4.69. The largest absolute Gasteiger partial charge is 0.328 e. The molecule has 0 amide bonds. The van der Waals surface area contributed by atoms with Crippen LogP contribution in [0.15, 0.2) is 53.3 Å². The van der Waals surface area contributed by atoms with Gasteiger partial charge in [0.05, 0.1) is 28.0 Å². The van der Waals surface area contributed by atoms with Crippen molar-refractivity contribution >= 4 is 28.8 Å². The van der Waals surface area contributed by atoms with Gasteiger partial charge >= 0.3 is 0 Å². The fourth-order valence-corrected chi connectivity index (χ4v) is 3.87. The first-order chi connectivity index (χ1) is 13.4. The van der Waals surface area contributed by atoms with Crippen LogP contribution in [0, 0.1) is 18.3 Å². The molecule has 7 heteroatoms. The lowest BCUT2D eigenvalue weighted by Gasteiger charge is -2.13. The average Bonchev–Trinajstić information content (AvgIpc) is 3.03. The Morgan fingerprint density at radius 2 is 1.79 bits per heavy atom. The lowest BCUT2D eigenvalue weighted by atomic mass is 10.1. The molecule has 0 spiro atoms. The second-order valence-electron chi connectivity index (χ2n) is 6.44. The number of hydrogen-bond acceptors (Lipinski definition) is 3. The molecule has 2 aromatic carbocycles. The molecule has 0 unspecified atom stereocenters. The Bertz CT molecular complexity index is 1330. The molecule has 0 radical (unpaired) electrons. The second-order valence-corrected chi connectivity index (χ2v) is 7.28. The first-order valence-corrected chi connectivity index (χ1v) is 9.21. The predicted molar refractivity (Wildman–Crippen MR) is 111 cm³/mol. The molecule has 0 saturated carbocycles. The number of halogens is 2. The molecule has 2 heterocycles.